The van der Waals surface area contributed by atoms with E-state index in [0.717, 1.165) is 17.8 Å². The highest BCUT2D eigenvalue weighted by atomic mass is 35.5. The second kappa shape index (κ2) is 7.99. The van der Waals surface area contributed by atoms with E-state index >= 15 is 0 Å². The molecule has 1 aliphatic heterocycles. The van der Waals surface area contributed by atoms with Gasteiger partial charge in [0.05, 0.1) is 23.3 Å². The first-order chi connectivity index (χ1) is 11.8. The van der Waals surface area contributed by atoms with Crippen LogP contribution >= 0.6 is 24.0 Å². The van der Waals surface area contributed by atoms with Crippen LogP contribution in [0.4, 0.5) is 0 Å². The maximum Gasteiger partial charge on any atom is 0.257 e. The van der Waals surface area contributed by atoms with Gasteiger partial charge < -0.3 is 10.2 Å². The Bertz CT molecular complexity index is 782. The average Bonchev–Trinajstić information content (AvgIpc) is 2.96. The topological polar surface area (TPSA) is 50.2 Å². The van der Waals surface area contributed by atoms with Crippen molar-refractivity contribution >= 4 is 29.9 Å². The maximum atomic E-state index is 13.3. The molecule has 1 N–H and O–H groups in total. The predicted molar refractivity (Wildman–Crippen MR) is 107 cm³/mol. The van der Waals surface area contributed by atoms with Gasteiger partial charge in [0.1, 0.15) is 0 Å². The highest BCUT2D eigenvalue weighted by molar-refractivity contribution is 6.31. The van der Waals surface area contributed by atoms with E-state index in [-0.39, 0.29) is 29.9 Å². The van der Waals surface area contributed by atoms with Crippen molar-refractivity contribution in [1.82, 2.24) is 20.0 Å². The number of nitrogens with zero attached hydrogens (tertiary/aromatic N) is 3. The Morgan fingerprint density at radius 2 is 2.00 bits per heavy atom. The van der Waals surface area contributed by atoms with E-state index in [0.29, 0.717) is 23.7 Å². The second-order valence-electron chi connectivity index (χ2n) is 7.47. The number of hydrogen-bond acceptors (Lipinski definition) is 3. The largest absolute Gasteiger partial charge is 0.329 e. The van der Waals surface area contributed by atoms with E-state index in [1.807, 2.05) is 40.8 Å². The summed E-state index contributed by atoms with van der Waals surface area (Å²) < 4.78 is 1.91. The van der Waals surface area contributed by atoms with Crippen molar-refractivity contribution in [2.24, 2.45) is 0 Å². The number of amides is 1. The molecule has 0 aliphatic carbocycles. The predicted octanol–water partition coefficient (Wildman–Crippen LogP) is 3.81. The number of aromatic nitrogens is 2. The monoisotopic (exact) mass is 396 g/mol. The van der Waals surface area contributed by atoms with Gasteiger partial charge >= 0.3 is 0 Å². The minimum atomic E-state index is -0.159. The van der Waals surface area contributed by atoms with Gasteiger partial charge in [-0.3, -0.25) is 9.48 Å². The van der Waals surface area contributed by atoms with Crippen LogP contribution in [0.2, 0.25) is 5.02 Å². The van der Waals surface area contributed by atoms with Crippen molar-refractivity contribution in [3.63, 3.8) is 0 Å². The van der Waals surface area contributed by atoms with Crippen molar-refractivity contribution in [2.75, 3.05) is 19.6 Å². The zero-order chi connectivity index (χ0) is 18.2. The molecular weight excluding hydrogens is 371 g/mol. The molecule has 1 fully saturated rings. The highest BCUT2D eigenvalue weighted by Crippen LogP contribution is 2.30. The van der Waals surface area contributed by atoms with E-state index < -0.39 is 0 Å². The van der Waals surface area contributed by atoms with Crippen molar-refractivity contribution < 1.29 is 4.79 Å². The van der Waals surface area contributed by atoms with Crippen molar-refractivity contribution in [3.8, 4) is 0 Å². The van der Waals surface area contributed by atoms with Crippen molar-refractivity contribution in [3.05, 3.63) is 52.3 Å². The van der Waals surface area contributed by atoms with Gasteiger partial charge in [0, 0.05) is 30.4 Å². The Morgan fingerprint density at radius 3 is 2.62 bits per heavy atom. The van der Waals surface area contributed by atoms with E-state index in [2.05, 4.69) is 31.2 Å². The summed E-state index contributed by atoms with van der Waals surface area (Å²) in [5, 5.41) is 8.50. The number of carbonyl (C=O) groups excluding carboxylic acids is 1. The summed E-state index contributed by atoms with van der Waals surface area (Å²) in [6.45, 7) is 10.3. The van der Waals surface area contributed by atoms with Crippen LogP contribution in [0.5, 0.6) is 0 Å². The molecule has 142 valence electrons. The van der Waals surface area contributed by atoms with E-state index in [4.69, 9.17) is 11.6 Å². The molecule has 1 saturated heterocycles. The molecule has 2 aromatic rings. The van der Waals surface area contributed by atoms with E-state index in [1.165, 1.54) is 0 Å². The molecule has 0 radical (unpaired) electrons. The molecule has 2 heterocycles. The third-order valence-corrected chi connectivity index (χ3v) is 4.99. The van der Waals surface area contributed by atoms with Crippen LogP contribution in [0.15, 0.2) is 30.5 Å². The van der Waals surface area contributed by atoms with Crippen LogP contribution in [-0.2, 0) is 5.54 Å². The molecule has 0 spiro atoms. The smallest absolute Gasteiger partial charge is 0.257 e. The van der Waals surface area contributed by atoms with E-state index in [1.54, 1.807) is 6.20 Å². The lowest BCUT2D eigenvalue weighted by Crippen LogP contribution is -2.48. The Morgan fingerprint density at radius 1 is 1.31 bits per heavy atom. The molecule has 1 aliphatic rings. The van der Waals surface area contributed by atoms with Crippen LogP contribution < -0.4 is 5.32 Å². The van der Waals surface area contributed by atoms with Crippen LogP contribution in [0.1, 0.15) is 48.4 Å². The molecule has 0 saturated carbocycles. The summed E-state index contributed by atoms with van der Waals surface area (Å²) in [6, 6.07) is 7.66. The van der Waals surface area contributed by atoms with Gasteiger partial charge in [0.15, 0.2) is 0 Å². The first-order valence-electron chi connectivity index (χ1n) is 8.62. The fourth-order valence-corrected chi connectivity index (χ4v) is 3.68. The minimum absolute atomic E-state index is 0. The summed E-state index contributed by atoms with van der Waals surface area (Å²) in [5.41, 5.74) is 2.38. The summed E-state index contributed by atoms with van der Waals surface area (Å²) in [4.78, 5) is 15.2. The highest BCUT2D eigenvalue weighted by Gasteiger charge is 2.32. The quantitative estimate of drug-likeness (QED) is 0.839. The van der Waals surface area contributed by atoms with Gasteiger partial charge in [0.2, 0.25) is 0 Å². The number of nitrogens with one attached hydrogen (secondary N) is 1. The summed E-state index contributed by atoms with van der Waals surface area (Å²) in [7, 11) is 0. The van der Waals surface area contributed by atoms with Crippen LogP contribution in [0.3, 0.4) is 0 Å². The minimum Gasteiger partial charge on any atom is -0.329 e. The van der Waals surface area contributed by atoms with Crippen LogP contribution in [-0.4, -0.2) is 40.2 Å². The Kier molecular flexibility index (Phi) is 6.37. The van der Waals surface area contributed by atoms with Crippen LogP contribution in [0, 0.1) is 6.92 Å². The molecule has 1 atom stereocenters. The molecular formula is C19H26Cl2N4O. The number of piperazine rings is 1. The zero-order valence-corrected chi connectivity index (χ0v) is 17.2. The van der Waals surface area contributed by atoms with Gasteiger partial charge in [-0.25, -0.2) is 0 Å². The molecule has 0 bridgehead atoms. The van der Waals surface area contributed by atoms with E-state index in [9.17, 15) is 4.79 Å². The van der Waals surface area contributed by atoms with Gasteiger partial charge in [0.25, 0.3) is 5.91 Å². The summed E-state index contributed by atoms with van der Waals surface area (Å²) >= 11 is 6.39. The lowest BCUT2D eigenvalue weighted by Gasteiger charge is -2.37. The molecule has 7 heteroatoms. The van der Waals surface area contributed by atoms with Gasteiger partial charge in [-0.05, 0) is 39.3 Å². The molecule has 1 unspecified atom stereocenters. The molecule has 3 rings (SSSR count). The first-order valence-corrected chi connectivity index (χ1v) is 8.99. The van der Waals surface area contributed by atoms with Gasteiger partial charge in [-0.2, -0.15) is 5.10 Å². The number of hydrogen-bond donors (Lipinski definition) is 1. The first kappa shape index (κ1) is 20.7. The van der Waals surface area contributed by atoms with Gasteiger partial charge in [-0.15, -0.1) is 12.4 Å². The van der Waals surface area contributed by atoms with Crippen molar-refractivity contribution in [2.45, 2.75) is 39.3 Å². The number of benzene rings is 1. The fraction of sp³-hybridized carbons (Fsp3) is 0.474. The molecule has 5 nitrogen and oxygen atoms in total. The zero-order valence-electron chi connectivity index (χ0n) is 15.6. The van der Waals surface area contributed by atoms with Crippen LogP contribution in [0.25, 0.3) is 0 Å². The molecule has 1 aromatic carbocycles. The number of rotatable bonds is 2. The molecule has 1 amide bonds. The standard InChI is InChI=1S/C19H25ClN4O.ClH/c1-13-15(11-22-24(13)19(2,3)4)18(25)23-10-9-21-12-17(23)14-7-5-6-8-16(14)20;/h5-8,11,17,21H,9-10,12H2,1-4H3;1H. The Hall–Kier alpha value is -1.56. The Labute approximate surface area is 166 Å². The molecule has 26 heavy (non-hydrogen) atoms. The maximum absolute atomic E-state index is 13.3. The fourth-order valence-electron chi connectivity index (χ4n) is 3.42. The second-order valence-corrected chi connectivity index (χ2v) is 7.87. The Balaban J connectivity index is 0.00000243. The lowest BCUT2D eigenvalue weighted by molar-refractivity contribution is 0.0633. The summed E-state index contributed by atoms with van der Waals surface area (Å²) in [6.07, 6.45) is 1.69. The van der Waals surface area contributed by atoms with Crippen molar-refractivity contribution in [1.29, 1.82) is 0 Å². The lowest BCUT2D eigenvalue weighted by atomic mass is 10.0. The SMILES string of the molecule is Cc1c(C(=O)N2CCNCC2c2ccccc2Cl)cnn1C(C)(C)C.Cl. The third-order valence-electron chi connectivity index (χ3n) is 4.64. The number of carbonyl (C=O) groups is 1. The molecule has 1 aromatic heterocycles. The average molecular weight is 397 g/mol. The van der Waals surface area contributed by atoms with Gasteiger partial charge in [-0.1, -0.05) is 29.8 Å². The number of halogens is 2. The third kappa shape index (κ3) is 3.90. The summed E-state index contributed by atoms with van der Waals surface area (Å²) in [5.74, 6) is 0.0134. The normalized spacial score (nSPS) is 17.7.